The minimum absolute atomic E-state index is 0.0844. The van der Waals surface area contributed by atoms with Crippen molar-refractivity contribution in [2.75, 3.05) is 57.9 Å². The maximum absolute atomic E-state index is 13.5. The van der Waals surface area contributed by atoms with Gasteiger partial charge in [-0.05, 0) is 68.7 Å². The lowest BCUT2D eigenvalue weighted by atomic mass is 10.0. The number of anilines is 1. The van der Waals surface area contributed by atoms with Gasteiger partial charge in [-0.2, -0.15) is 0 Å². The van der Waals surface area contributed by atoms with Crippen LogP contribution in [0.5, 0.6) is 11.5 Å². The molecule has 2 unspecified atom stereocenters. The van der Waals surface area contributed by atoms with Crippen LogP contribution in [0.1, 0.15) is 37.7 Å². The van der Waals surface area contributed by atoms with Crippen molar-refractivity contribution in [3.05, 3.63) is 54.1 Å². The van der Waals surface area contributed by atoms with Crippen LogP contribution < -0.4 is 14.4 Å². The van der Waals surface area contributed by atoms with Crippen LogP contribution in [0.2, 0.25) is 0 Å². The van der Waals surface area contributed by atoms with Crippen LogP contribution in [0, 0.1) is 5.92 Å². The molecule has 2 atom stereocenters. The van der Waals surface area contributed by atoms with Crippen LogP contribution in [0.3, 0.4) is 0 Å². The van der Waals surface area contributed by atoms with Crippen molar-refractivity contribution in [2.24, 2.45) is 5.92 Å². The summed E-state index contributed by atoms with van der Waals surface area (Å²) in [5.41, 5.74) is 2.36. The standard InChI is InChI=1S/C30H41N3O4/c1-36-28-12-11-25(18-29(28)37-27-9-5-6-10-27)32-15-16-33(26(20-32)17-23-7-3-2-4-8-23)30(35)21-31-14-13-24(19-31)22-34/h2-4,7-8,11-12,18,24,26-27,34H,5-6,9-10,13-17,19-22H2,1H3. The molecule has 1 N–H and O–H groups in total. The van der Waals surface area contributed by atoms with Gasteiger partial charge in [0, 0.05) is 44.5 Å². The molecule has 2 aromatic rings. The van der Waals surface area contributed by atoms with Crippen molar-refractivity contribution >= 4 is 11.6 Å². The Labute approximate surface area is 221 Å². The van der Waals surface area contributed by atoms with Gasteiger partial charge < -0.3 is 24.4 Å². The molecule has 0 aromatic heterocycles. The number of methoxy groups -OCH3 is 1. The number of likely N-dealkylation sites (tertiary alicyclic amines) is 1. The maximum Gasteiger partial charge on any atom is 0.237 e. The zero-order chi connectivity index (χ0) is 25.6. The van der Waals surface area contributed by atoms with Crippen LogP contribution in [0.4, 0.5) is 5.69 Å². The molecule has 3 fully saturated rings. The lowest BCUT2D eigenvalue weighted by molar-refractivity contribution is -0.135. The van der Waals surface area contributed by atoms with Gasteiger partial charge in [0.2, 0.25) is 5.91 Å². The molecule has 2 saturated heterocycles. The Hall–Kier alpha value is -2.77. The number of rotatable bonds is 9. The van der Waals surface area contributed by atoms with Gasteiger partial charge in [0.1, 0.15) is 0 Å². The number of hydrogen-bond acceptors (Lipinski definition) is 6. The molecule has 1 aliphatic carbocycles. The van der Waals surface area contributed by atoms with Gasteiger partial charge in [0.25, 0.3) is 0 Å². The third-order valence-corrected chi connectivity index (χ3v) is 8.21. The van der Waals surface area contributed by atoms with Crippen molar-refractivity contribution in [3.8, 4) is 11.5 Å². The Balaban J connectivity index is 1.31. The summed E-state index contributed by atoms with van der Waals surface area (Å²) in [7, 11) is 1.69. The summed E-state index contributed by atoms with van der Waals surface area (Å²) in [6.45, 7) is 4.58. The Kier molecular flexibility index (Phi) is 8.52. The fraction of sp³-hybridized carbons (Fsp3) is 0.567. The Morgan fingerprint density at radius 3 is 2.51 bits per heavy atom. The molecular weight excluding hydrogens is 466 g/mol. The molecule has 1 amide bonds. The normalized spacial score (nSPS) is 23.0. The fourth-order valence-corrected chi connectivity index (χ4v) is 6.11. The minimum Gasteiger partial charge on any atom is -0.493 e. The molecule has 1 saturated carbocycles. The quantitative estimate of drug-likeness (QED) is 0.560. The van der Waals surface area contributed by atoms with Gasteiger partial charge >= 0.3 is 0 Å². The summed E-state index contributed by atoms with van der Waals surface area (Å²) >= 11 is 0. The highest BCUT2D eigenvalue weighted by Gasteiger charge is 2.33. The number of aliphatic hydroxyl groups excluding tert-OH is 1. The number of aliphatic hydroxyl groups is 1. The third kappa shape index (κ3) is 6.39. The van der Waals surface area contributed by atoms with Gasteiger partial charge in [0.15, 0.2) is 11.5 Å². The van der Waals surface area contributed by atoms with Gasteiger partial charge in [-0.15, -0.1) is 0 Å². The lowest BCUT2D eigenvalue weighted by Crippen LogP contribution is -2.57. The van der Waals surface area contributed by atoms with Crippen molar-refractivity contribution in [1.82, 2.24) is 9.80 Å². The first kappa shape index (κ1) is 25.9. The molecule has 0 bridgehead atoms. The SMILES string of the molecule is COc1ccc(N2CCN(C(=O)CN3CCC(CO)C3)C(Cc3ccccc3)C2)cc1OC1CCCC1. The second kappa shape index (κ2) is 12.2. The zero-order valence-corrected chi connectivity index (χ0v) is 22.1. The molecule has 3 aliphatic rings. The number of benzene rings is 2. The molecule has 2 heterocycles. The Morgan fingerprint density at radius 1 is 0.973 bits per heavy atom. The van der Waals surface area contributed by atoms with E-state index in [1.54, 1.807) is 7.11 Å². The molecule has 7 heteroatoms. The Bertz CT molecular complexity index is 1030. The first-order chi connectivity index (χ1) is 18.1. The van der Waals surface area contributed by atoms with Gasteiger partial charge in [-0.25, -0.2) is 0 Å². The number of carbonyl (C=O) groups excluding carboxylic acids is 1. The van der Waals surface area contributed by atoms with E-state index in [1.165, 1.54) is 18.4 Å². The highest BCUT2D eigenvalue weighted by molar-refractivity contribution is 5.79. The van der Waals surface area contributed by atoms with E-state index in [0.717, 1.165) is 69.0 Å². The summed E-state index contributed by atoms with van der Waals surface area (Å²) in [6.07, 6.45) is 6.70. The van der Waals surface area contributed by atoms with E-state index in [0.29, 0.717) is 19.0 Å². The minimum atomic E-state index is 0.0844. The van der Waals surface area contributed by atoms with E-state index in [-0.39, 0.29) is 24.7 Å². The smallest absolute Gasteiger partial charge is 0.237 e. The lowest BCUT2D eigenvalue weighted by Gasteiger charge is -2.43. The first-order valence-electron chi connectivity index (χ1n) is 13.9. The fourth-order valence-electron chi connectivity index (χ4n) is 6.11. The third-order valence-electron chi connectivity index (χ3n) is 8.21. The summed E-state index contributed by atoms with van der Waals surface area (Å²) in [5.74, 6) is 2.08. The molecule has 0 radical (unpaired) electrons. The molecule has 5 rings (SSSR count). The van der Waals surface area contributed by atoms with Crippen LogP contribution in [0.15, 0.2) is 48.5 Å². The van der Waals surface area contributed by atoms with Crippen LogP contribution in [0.25, 0.3) is 0 Å². The zero-order valence-electron chi connectivity index (χ0n) is 22.1. The predicted molar refractivity (Wildman–Crippen MR) is 145 cm³/mol. The second-order valence-corrected chi connectivity index (χ2v) is 10.8. The van der Waals surface area contributed by atoms with E-state index < -0.39 is 0 Å². The highest BCUT2D eigenvalue weighted by atomic mass is 16.5. The highest BCUT2D eigenvalue weighted by Crippen LogP contribution is 2.36. The summed E-state index contributed by atoms with van der Waals surface area (Å²) < 4.78 is 12.0. The summed E-state index contributed by atoms with van der Waals surface area (Å²) in [4.78, 5) is 20.2. The van der Waals surface area contributed by atoms with E-state index in [2.05, 4.69) is 51.1 Å². The van der Waals surface area contributed by atoms with Gasteiger partial charge in [-0.1, -0.05) is 30.3 Å². The monoisotopic (exact) mass is 507 g/mol. The molecule has 2 aromatic carbocycles. The number of amides is 1. The maximum atomic E-state index is 13.5. The summed E-state index contributed by atoms with van der Waals surface area (Å²) in [5, 5.41) is 9.50. The first-order valence-corrected chi connectivity index (χ1v) is 13.9. The number of hydrogen-bond donors (Lipinski definition) is 1. The molecule has 2 aliphatic heterocycles. The molecule has 200 valence electrons. The van der Waals surface area contributed by atoms with Gasteiger partial charge in [-0.3, -0.25) is 9.69 Å². The van der Waals surface area contributed by atoms with Crippen molar-refractivity contribution in [3.63, 3.8) is 0 Å². The number of carbonyl (C=O) groups is 1. The van der Waals surface area contributed by atoms with Crippen LogP contribution >= 0.6 is 0 Å². The van der Waals surface area contributed by atoms with Crippen molar-refractivity contribution in [1.29, 1.82) is 0 Å². The Morgan fingerprint density at radius 2 is 1.78 bits per heavy atom. The number of piperazine rings is 1. The van der Waals surface area contributed by atoms with E-state index in [4.69, 9.17) is 9.47 Å². The largest absolute Gasteiger partial charge is 0.493 e. The van der Waals surface area contributed by atoms with Crippen molar-refractivity contribution in [2.45, 2.75) is 50.7 Å². The predicted octanol–water partition coefficient (Wildman–Crippen LogP) is 3.59. The molecule has 37 heavy (non-hydrogen) atoms. The van der Waals surface area contributed by atoms with Crippen molar-refractivity contribution < 1.29 is 19.4 Å². The molecule has 0 spiro atoms. The average molecular weight is 508 g/mol. The van der Waals surface area contributed by atoms with Crippen LogP contribution in [-0.2, 0) is 11.2 Å². The van der Waals surface area contributed by atoms with E-state index in [9.17, 15) is 9.90 Å². The number of ether oxygens (including phenoxy) is 2. The average Bonchev–Trinajstić information content (AvgIpc) is 3.61. The van der Waals surface area contributed by atoms with E-state index >= 15 is 0 Å². The van der Waals surface area contributed by atoms with Gasteiger partial charge in [0.05, 0.1) is 25.8 Å². The number of nitrogens with zero attached hydrogens (tertiary/aromatic N) is 3. The molecule has 7 nitrogen and oxygen atoms in total. The topological polar surface area (TPSA) is 65.5 Å². The molecular formula is C30H41N3O4. The van der Waals surface area contributed by atoms with Crippen LogP contribution in [-0.4, -0.2) is 85.9 Å². The van der Waals surface area contributed by atoms with E-state index in [1.807, 2.05) is 12.1 Å². The summed E-state index contributed by atoms with van der Waals surface area (Å²) in [6, 6.07) is 16.8. The second-order valence-electron chi connectivity index (χ2n) is 10.8.